The first-order chi connectivity index (χ1) is 13.5. The number of sulfonamides is 1. The highest BCUT2D eigenvalue weighted by molar-refractivity contribution is 7.89. The summed E-state index contributed by atoms with van der Waals surface area (Å²) in [5.74, 6) is 0. The molecule has 0 spiro atoms. The second kappa shape index (κ2) is 11.7. The Kier molecular flexibility index (Phi) is 9.95. The van der Waals surface area contributed by atoms with Crippen LogP contribution in [0, 0.1) is 10.1 Å². The lowest BCUT2D eigenvalue weighted by Crippen LogP contribution is -2.34. The third kappa shape index (κ3) is 10.2. The fourth-order valence-corrected chi connectivity index (χ4v) is 3.21. The number of nitrogens with zero attached hydrogens (tertiary/aromatic N) is 1. The van der Waals surface area contributed by atoms with Gasteiger partial charge in [-0.25, -0.2) is 17.9 Å². The predicted octanol–water partition coefficient (Wildman–Crippen LogP) is 1.43. The topological polar surface area (TPSA) is 146 Å². The maximum atomic E-state index is 12.2. The zero-order valence-electron chi connectivity index (χ0n) is 16.7. The molecule has 2 N–H and O–H groups in total. The van der Waals surface area contributed by atoms with Crippen LogP contribution in [0.15, 0.2) is 29.2 Å². The second-order valence-corrected chi connectivity index (χ2v) is 8.51. The van der Waals surface area contributed by atoms with Crippen molar-refractivity contribution in [1.29, 1.82) is 0 Å². The summed E-state index contributed by atoms with van der Waals surface area (Å²) in [5, 5.41) is 13.5. The van der Waals surface area contributed by atoms with Gasteiger partial charge in [0, 0.05) is 19.2 Å². The summed E-state index contributed by atoms with van der Waals surface area (Å²) in [6.45, 7) is 6.35. The van der Waals surface area contributed by atoms with E-state index in [1.165, 1.54) is 18.2 Å². The standard InChI is InChI=1S/C17H27N3O8S/c1-17(2,3)28-16(21)18-8-10-26-12-13-27-11-9-19-29(24,25)15-7-5-4-6-14(15)20(22)23/h4-7,19H,8-13H2,1-3H3,(H,18,21). The number of nitrogens with one attached hydrogen (secondary N) is 2. The van der Waals surface area contributed by atoms with E-state index in [0.717, 1.165) is 6.07 Å². The Morgan fingerprint density at radius 2 is 1.66 bits per heavy atom. The summed E-state index contributed by atoms with van der Waals surface area (Å²) in [6.07, 6.45) is -0.525. The van der Waals surface area contributed by atoms with Crippen LogP contribution < -0.4 is 10.0 Å². The van der Waals surface area contributed by atoms with Gasteiger partial charge in [-0.05, 0) is 26.8 Å². The van der Waals surface area contributed by atoms with Crippen molar-refractivity contribution >= 4 is 21.8 Å². The number of hydrogen-bond acceptors (Lipinski definition) is 8. The Hall–Kier alpha value is -2.28. The summed E-state index contributed by atoms with van der Waals surface area (Å²) >= 11 is 0. The molecule has 0 unspecified atom stereocenters. The van der Waals surface area contributed by atoms with Crippen molar-refractivity contribution in [1.82, 2.24) is 10.0 Å². The molecule has 1 rings (SSSR count). The Morgan fingerprint density at radius 1 is 1.07 bits per heavy atom. The van der Waals surface area contributed by atoms with Crippen molar-refractivity contribution in [3.05, 3.63) is 34.4 Å². The predicted molar refractivity (Wildman–Crippen MR) is 104 cm³/mol. The number of carbonyl (C=O) groups excluding carboxylic acids is 1. The van der Waals surface area contributed by atoms with Crippen LogP contribution in [0.1, 0.15) is 20.8 Å². The van der Waals surface area contributed by atoms with E-state index in [9.17, 15) is 23.3 Å². The van der Waals surface area contributed by atoms with Crippen molar-refractivity contribution in [3.8, 4) is 0 Å². The molecule has 1 amide bonds. The number of benzene rings is 1. The van der Waals surface area contributed by atoms with Crippen LogP contribution in [0.3, 0.4) is 0 Å². The summed E-state index contributed by atoms with van der Waals surface area (Å²) in [7, 11) is -4.02. The molecule has 0 saturated carbocycles. The van der Waals surface area contributed by atoms with E-state index in [2.05, 4.69) is 10.0 Å². The van der Waals surface area contributed by atoms with Gasteiger partial charge in [0.15, 0.2) is 4.90 Å². The number of nitro groups is 1. The average molecular weight is 433 g/mol. The van der Waals surface area contributed by atoms with Crippen LogP contribution in [0.5, 0.6) is 0 Å². The summed E-state index contributed by atoms with van der Waals surface area (Å²) in [5.41, 5.74) is -1.06. The number of hydrogen-bond donors (Lipinski definition) is 2. The van der Waals surface area contributed by atoms with Gasteiger partial charge in [0.2, 0.25) is 10.0 Å². The minimum Gasteiger partial charge on any atom is -0.444 e. The second-order valence-electron chi connectivity index (χ2n) is 6.78. The molecular formula is C17H27N3O8S. The highest BCUT2D eigenvalue weighted by Gasteiger charge is 2.24. The average Bonchev–Trinajstić information content (AvgIpc) is 2.61. The normalized spacial score (nSPS) is 11.8. The zero-order chi connectivity index (χ0) is 21.9. The Labute approximate surface area is 169 Å². The molecule has 0 heterocycles. The van der Waals surface area contributed by atoms with Gasteiger partial charge < -0.3 is 19.5 Å². The Morgan fingerprint density at radius 3 is 2.24 bits per heavy atom. The minimum absolute atomic E-state index is 0.0470. The molecule has 0 aliphatic carbocycles. The fraction of sp³-hybridized carbons (Fsp3) is 0.588. The van der Waals surface area contributed by atoms with Crippen molar-refractivity contribution in [2.24, 2.45) is 0 Å². The molecule has 11 nitrogen and oxygen atoms in total. The molecule has 0 atom stereocenters. The number of amides is 1. The highest BCUT2D eigenvalue weighted by atomic mass is 32.2. The summed E-state index contributed by atoms with van der Waals surface area (Å²) in [6, 6.07) is 5.09. The molecule has 0 aliphatic rings. The first-order valence-electron chi connectivity index (χ1n) is 8.88. The molecule has 29 heavy (non-hydrogen) atoms. The lowest BCUT2D eigenvalue weighted by molar-refractivity contribution is -0.387. The Bertz CT molecular complexity index is 777. The zero-order valence-corrected chi connectivity index (χ0v) is 17.5. The van der Waals surface area contributed by atoms with Gasteiger partial charge in [0.05, 0.1) is 31.4 Å². The fourth-order valence-electron chi connectivity index (χ4n) is 2.02. The molecule has 0 radical (unpaired) electrons. The number of para-hydroxylation sites is 1. The van der Waals surface area contributed by atoms with Crippen LogP contribution in [0.25, 0.3) is 0 Å². The highest BCUT2D eigenvalue weighted by Crippen LogP contribution is 2.22. The van der Waals surface area contributed by atoms with Crippen LogP contribution in [-0.4, -0.2) is 64.6 Å². The largest absolute Gasteiger partial charge is 0.444 e. The Balaban J connectivity index is 2.16. The molecule has 12 heteroatoms. The van der Waals surface area contributed by atoms with E-state index >= 15 is 0 Å². The maximum absolute atomic E-state index is 12.2. The maximum Gasteiger partial charge on any atom is 0.407 e. The molecule has 0 aromatic heterocycles. The quantitative estimate of drug-likeness (QED) is 0.286. The van der Waals surface area contributed by atoms with Crippen LogP contribution in [0.4, 0.5) is 10.5 Å². The van der Waals surface area contributed by atoms with Gasteiger partial charge >= 0.3 is 6.09 Å². The van der Waals surface area contributed by atoms with Gasteiger partial charge in [0.25, 0.3) is 5.69 Å². The molecular weight excluding hydrogens is 406 g/mol. The van der Waals surface area contributed by atoms with Gasteiger partial charge in [-0.15, -0.1) is 0 Å². The monoisotopic (exact) mass is 433 g/mol. The summed E-state index contributed by atoms with van der Waals surface area (Å²) < 4.78 is 42.2. The third-order valence-corrected chi connectivity index (χ3v) is 4.68. The smallest absolute Gasteiger partial charge is 0.407 e. The third-order valence-electron chi connectivity index (χ3n) is 3.18. The molecule has 1 aromatic rings. The molecule has 164 valence electrons. The molecule has 0 aliphatic heterocycles. The van der Waals surface area contributed by atoms with E-state index in [0.29, 0.717) is 0 Å². The van der Waals surface area contributed by atoms with E-state index < -0.39 is 37.2 Å². The van der Waals surface area contributed by atoms with Crippen LogP contribution in [0.2, 0.25) is 0 Å². The van der Waals surface area contributed by atoms with E-state index in [1.807, 2.05) is 0 Å². The molecule has 0 bridgehead atoms. The minimum atomic E-state index is -4.02. The number of rotatable bonds is 12. The summed E-state index contributed by atoms with van der Waals surface area (Å²) in [4.78, 5) is 21.2. The van der Waals surface area contributed by atoms with Gasteiger partial charge in [-0.3, -0.25) is 10.1 Å². The van der Waals surface area contributed by atoms with Gasteiger partial charge in [-0.2, -0.15) is 0 Å². The van der Waals surface area contributed by atoms with Crippen molar-refractivity contribution in [2.45, 2.75) is 31.3 Å². The SMILES string of the molecule is CC(C)(C)OC(=O)NCCOCCOCCNS(=O)(=O)c1ccccc1[N+](=O)[O-]. The first kappa shape index (κ1) is 24.8. The van der Waals surface area contributed by atoms with Crippen LogP contribution >= 0.6 is 0 Å². The number of nitro benzene ring substituents is 1. The van der Waals surface area contributed by atoms with E-state index in [1.54, 1.807) is 20.8 Å². The lowest BCUT2D eigenvalue weighted by atomic mass is 10.2. The van der Waals surface area contributed by atoms with Crippen molar-refractivity contribution in [3.63, 3.8) is 0 Å². The number of ether oxygens (including phenoxy) is 3. The molecule has 0 saturated heterocycles. The molecule has 0 fully saturated rings. The molecule has 1 aromatic carbocycles. The lowest BCUT2D eigenvalue weighted by Gasteiger charge is -2.19. The van der Waals surface area contributed by atoms with E-state index in [4.69, 9.17) is 14.2 Å². The van der Waals surface area contributed by atoms with Crippen molar-refractivity contribution < 1.29 is 32.3 Å². The van der Waals surface area contributed by atoms with Crippen molar-refractivity contribution in [2.75, 3.05) is 39.5 Å². The van der Waals surface area contributed by atoms with Gasteiger partial charge in [-0.1, -0.05) is 12.1 Å². The number of alkyl carbamates (subject to hydrolysis) is 1. The van der Waals surface area contributed by atoms with Gasteiger partial charge in [0.1, 0.15) is 5.60 Å². The first-order valence-corrected chi connectivity index (χ1v) is 10.4. The van der Waals surface area contributed by atoms with E-state index in [-0.39, 0.29) is 39.5 Å². The number of carbonyl (C=O) groups is 1. The van der Waals surface area contributed by atoms with Crippen LogP contribution in [-0.2, 0) is 24.2 Å².